The first-order valence-corrected chi connectivity index (χ1v) is 8.15. The van der Waals surface area contributed by atoms with Crippen LogP contribution in [0, 0.1) is 0 Å². The number of carboxylic acids is 1. The van der Waals surface area contributed by atoms with E-state index in [0.717, 1.165) is 24.1 Å². The summed E-state index contributed by atoms with van der Waals surface area (Å²) in [5.41, 5.74) is 0. The lowest BCUT2D eigenvalue weighted by molar-refractivity contribution is -0.137. The largest absolute Gasteiger partial charge is 0.480 e. The molecule has 1 aliphatic rings. The van der Waals surface area contributed by atoms with Gasteiger partial charge in [0.2, 0.25) is 10.0 Å². The molecule has 1 atom stereocenters. The number of nitrogens with zero attached hydrogens (tertiary/aromatic N) is 4. The second-order valence-corrected chi connectivity index (χ2v) is 7.37. The lowest BCUT2D eigenvalue weighted by Crippen LogP contribution is -2.39. The Morgan fingerprint density at radius 2 is 2.29 bits per heavy atom. The molecule has 0 radical (unpaired) electrons. The Labute approximate surface area is 124 Å². The van der Waals surface area contributed by atoms with Gasteiger partial charge >= 0.3 is 5.97 Å². The van der Waals surface area contributed by atoms with Gasteiger partial charge in [0.15, 0.2) is 0 Å². The monoisotopic (exact) mass is 316 g/mol. The molecule has 9 heteroatoms. The molecule has 1 saturated heterocycles. The number of likely N-dealkylation sites (N-methyl/N-ethyl adjacent to an activating group) is 2. The normalized spacial score (nSPS) is 20.2. The molecule has 1 aromatic rings. The fraction of sp³-hybridized carbons (Fsp3) is 0.667. The third-order valence-electron chi connectivity index (χ3n) is 3.75. The highest BCUT2D eigenvalue weighted by Crippen LogP contribution is 2.19. The highest BCUT2D eigenvalue weighted by Gasteiger charge is 2.29. The van der Waals surface area contributed by atoms with Gasteiger partial charge in [0, 0.05) is 25.8 Å². The van der Waals surface area contributed by atoms with Gasteiger partial charge in [-0.05, 0) is 26.4 Å². The number of aliphatic carboxylic acids is 1. The summed E-state index contributed by atoms with van der Waals surface area (Å²) in [6, 6.07) is 0.221. The third kappa shape index (κ3) is 3.60. The molecule has 0 saturated carbocycles. The highest BCUT2D eigenvalue weighted by molar-refractivity contribution is 7.89. The summed E-state index contributed by atoms with van der Waals surface area (Å²) >= 11 is 0. The summed E-state index contributed by atoms with van der Waals surface area (Å²) in [6.07, 6.45) is 4.49. The van der Waals surface area contributed by atoms with Crippen molar-refractivity contribution < 1.29 is 18.3 Å². The van der Waals surface area contributed by atoms with Crippen molar-refractivity contribution >= 4 is 16.0 Å². The van der Waals surface area contributed by atoms with Crippen LogP contribution < -0.4 is 0 Å². The molecule has 0 aromatic carbocycles. The Bertz CT molecular complexity index is 613. The first-order valence-electron chi connectivity index (χ1n) is 6.71. The fourth-order valence-electron chi connectivity index (χ4n) is 2.49. The van der Waals surface area contributed by atoms with Crippen molar-refractivity contribution in [1.82, 2.24) is 19.0 Å². The number of hydrogen-bond donors (Lipinski definition) is 1. The van der Waals surface area contributed by atoms with Crippen LogP contribution in [0.1, 0.15) is 12.8 Å². The van der Waals surface area contributed by atoms with E-state index in [0.29, 0.717) is 6.54 Å². The predicted molar refractivity (Wildman–Crippen MR) is 75.3 cm³/mol. The summed E-state index contributed by atoms with van der Waals surface area (Å²) in [5, 5.41) is 12.5. The highest BCUT2D eigenvalue weighted by atomic mass is 32.2. The summed E-state index contributed by atoms with van der Waals surface area (Å²) in [6.45, 7) is 1.04. The first-order chi connectivity index (χ1) is 9.80. The van der Waals surface area contributed by atoms with Crippen molar-refractivity contribution in [2.45, 2.75) is 30.3 Å². The van der Waals surface area contributed by atoms with E-state index < -0.39 is 16.0 Å². The Balaban J connectivity index is 2.09. The van der Waals surface area contributed by atoms with Crippen LogP contribution in [0.4, 0.5) is 0 Å². The number of hydrogen-bond acceptors (Lipinski definition) is 5. The quantitative estimate of drug-likeness (QED) is 0.773. The topological polar surface area (TPSA) is 95.7 Å². The lowest BCUT2D eigenvalue weighted by atomic mass is 10.2. The SMILES string of the molecule is CN1CCCC1CN(C)S(=O)(=O)c1cnn(CC(=O)O)c1. The van der Waals surface area contributed by atoms with Crippen LogP contribution in [0.25, 0.3) is 0 Å². The van der Waals surface area contributed by atoms with Gasteiger partial charge < -0.3 is 10.0 Å². The molecule has 0 aliphatic carbocycles. The smallest absolute Gasteiger partial charge is 0.325 e. The van der Waals surface area contributed by atoms with Crippen molar-refractivity contribution in [3.8, 4) is 0 Å². The maximum atomic E-state index is 12.4. The van der Waals surface area contributed by atoms with Crippen LogP contribution in [0.2, 0.25) is 0 Å². The zero-order valence-corrected chi connectivity index (χ0v) is 13.0. The van der Waals surface area contributed by atoms with Gasteiger partial charge in [-0.1, -0.05) is 0 Å². The van der Waals surface area contributed by atoms with E-state index in [1.807, 2.05) is 7.05 Å². The molecule has 118 valence electrons. The van der Waals surface area contributed by atoms with Crippen LogP contribution in [-0.2, 0) is 21.4 Å². The molecular weight excluding hydrogens is 296 g/mol. The number of carboxylic acid groups (broad SMARTS) is 1. The number of likely N-dealkylation sites (tertiary alicyclic amines) is 1. The minimum Gasteiger partial charge on any atom is -0.480 e. The molecule has 1 aliphatic heterocycles. The van der Waals surface area contributed by atoms with Crippen LogP contribution in [0.5, 0.6) is 0 Å². The number of aromatic nitrogens is 2. The molecule has 8 nitrogen and oxygen atoms in total. The molecule has 0 bridgehead atoms. The second-order valence-electron chi connectivity index (χ2n) is 5.33. The third-order valence-corrected chi connectivity index (χ3v) is 5.53. The van der Waals surface area contributed by atoms with Gasteiger partial charge in [0.1, 0.15) is 11.4 Å². The van der Waals surface area contributed by atoms with Crippen molar-refractivity contribution in [1.29, 1.82) is 0 Å². The number of sulfonamides is 1. The van der Waals surface area contributed by atoms with Gasteiger partial charge in [-0.15, -0.1) is 0 Å². The molecule has 0 spiro atoms. The molecule has 1 fully saturated rings. The maximum Gasteiger partial charge on any atom is 0.325 e. The van der Waals surface area contributed by atoms with Crippen molar-refractivity contribution in [3.63, 3.8) is 0 Å². The van der Waals surface area contributed by atoms with Crippen molar-refractivity contribution in [3.05, 3.63) is 12.4 Å². The zero-order valence-electron chi connectivity index (χ0n) is 12.1. The second kappa shape index (κ2) is 6.12. The van der Waals surface area contributed by atoms with Gasteiger partial charge in [-0.3, -0.25) is 9.48 Å². The molecule has 2 heterocycles. The van der Waals surface area contributed by atoms with Gasteiger partial charge in [0.25, 0.3) is 0 Å². The first kappa shape index (κ1) is 15.9. The van der Waals surface area contributed by atoms with E-state index >= 15 is 0 Å². The summed E-state index contributed by atoms with van der Waals surface area (Å²) in [5.74, 6) is -1.07. The average molecular weight is 316 g/mol. The average Bonchev–Trinajstić information content (AvgIpc) is 2.99. The summed E-state index contributed by atoms with van der Waals surface area (Å²) in [7, 11) is -0.108. The van der Waals surface area contributed by atoms with E-state index in [1.54, 1.807) is 0 Å². The van der Waals surface area contributed by atoms with Crippen molar-refractivity contribution in [2.75, 3.05) is 27.2 Å². The number of carbonyl (C=O) groups is 1. The Morgan fingerprint density at radius 3 is 2.86 bits per heavy atom. The van der Waals surface area contributed by atoms with Crippen LogP contribution in [0.3, 0.4) is 0 Å². The van der Waals surface area contributed by atoms with E-state index in [-0.39, 0.29) is 17.5 Å². The minimum atomic E-state index is -3.63. The van der Waals surface area contributed by atoms with E-state index in [2.05, 4.69) is 10.00 Å². The molecule has 21 heavy (non-hydrogen) atoms. The summed E-state index contributed by atoms with van der Waals surface area (Å²) < 4.78 is 27.3. The van der Waals surface area contributed by atoms with Crippen LogP contribution in [0.15, 0.2) is 17.3 Å². The molecule has 0 amide bonds. The van der Waals surface area contributed by atoms with E-state index in [4.69, 9.17) is 5.11 Å². The van der Waals surface area contributed by atoms with Gasteiger partial charge in [0.05, 0.1) is 6.20 Å². The lowest BCUT2D eigenvalue weighted by Gasteiger charge is -2.24. The van der Waals surface area contributed by atoms with Crippen LogP contribution in [-0.4, -0.2) is 71.7 Å². The number of rotatable bonds is 6. The molecule has 2 rings (SSSR count). The maximum absolute atomic E-state index is 12.4. The summed E-state index contributed by atoms with van der Waals surface area (Å²) in [4.78, 5) is 12.8. The predicted octanol–water partition coefficient (Wildman–Crippen LogP) is -0.318. The standard InChI is InChI=1S/C12H20N4O4S/c1-14-5-3-4-10(14)7-15(2)21(19,20)11-6-13-16(8-11)9-12(17)18/h6,8,10H,3-5,7,9H2,1-2H3,(H,17,18). The van der Waals surface area contributed by atoms with Crippen LogP contribution >= 0.6 is 0 Å². The minimum absolute atomic E-state index is 0.0203. The van der Waals surface area contributed by atoms with E-state index in [9.17, 15) is 13.2 Å². The van der Waals surface area contributed by atoms with Gasteiger partial charge in [-0.25, -0.2) is 8.42 Å². The molecular formula is C12H20N4O4S. The Kier molecular flexibility index (Phi) is 4.64. The molecule has 1 N–H and O–H groups in total. The fourth-order valence-corrected chi connectivity index (χ4v) is 3.65. The van der Waals surface area contributed by atoms with E-state index in [1.165, 1.54) is 23.7 Å². The zero-order chi connectivity index (χ0) is 15.6. The Hall–Kier alpha value is -1.45. The van der Waals surface area contributed by atoms with Gasteiger partial charge in [-0.2, -0.15) is 9.40 Å². The van der Waals surface area contributed by atoms with Crippen molar-refractivity contribution in [2.24, 2.45) is 0 Å². The molecule has 1 unspecified atom stereocenters. The Morgan fingerprint density at radius 1 is 1.57 bits per heavy atom. The molecule has 1 aromatic heterocycles.